The highest BCUT2D eigenvalue weighted by atomic mass is 32.2. The number of carbonyl (C=O) groups is 1. The van der Waals surface area contributed by atoms with Gasteiger partial charge in [-0.1, -0.05) is 11.8 Å². The van der Waals surface area contributed by atoms with Crippen LogP contribution in [0, 0.1) is 10.1 Å². The largest absolute Gasteiger partial charge is 0.383 e. The molecular formula is C19H19N5O3S2. The van der Waals surface area contributed by atoms with Gasteiger partial charge in [0.25, 0.3) is 5.69 Å². The predicted molar refractivity (Wildman–Crippen MR) is 116 cm³/mol. The summed E-state index contributed by atoms with van der Waals surface area (Å²) in [7, 11) is 0. The first-order chi connectivity index (χ1) is 13.9. The maximum atomic E-state index is 12.5. The quantitative estimate of drug-likeness (QED) is 0.270. The maximum Gasteiger partial charge on any atom is 0.269 e. The van der Waals surface area contributed by atoms with E-state index >= 15 is 0 Å². The number of nitrogens with zero attached hydrogens (tertiary/aromatic N) is 3. The van der Waals surface area contributed by atoms with Gasteiger partial charge >= 0.3 is 0 Å². The summed E-state index contributed by atoms with van der Waals surface area (Å²) in [6.45, 7) is 1.76. The molecule has 4 rings (SSSR count). The first kappa shape index (κ1) is 19.6. The number of hydrogen-bond donors (Lipinski definition) is 2. The molecule has 1 aliphatic rings. The second-order valence-corrected chi connectivity index (χ2v) is 9.23. The Morgan fingerprint density at radius 2 is 2.00 bits per heavy atom. The molecule has 1 atom stereocenters. The van der Waals surface area contributed by atoms with E-state index in [4.69, 9.17) is 5.73 Å². The number of nitrogens with one attached hydrogen (secondary N) is 1. The highest BCUT2D eigenvalue weighted by Gasteiger charge is 2.22. The number of benzene rings is 1. The number of carbonyl (C=O) groups excluding carboxylic acids is 1. The zero-order valence-corrected chi connectivity index (χ0v) is 17.3. The van der Waals surface area contributed by atoms with Gasteiger partial charge in [-0.05, 0) is 50.3 Å². The van der Waals surface area contributed by atoms with Crippen LogP contribution in [0.15, 0.2) is 29.4 Å². The molecule has 1 amide bonds. The van der Waals surface area contributed by atoms with E-state index in [1.165, 1.54) is 52.9 Å². The van der Waals surface area contributed by atoms with Crippen molar-refractivity contribution in [1.82, 2.24) is 9.97 Å². The Balaban J connectivity index is 1.48. The van der Waals surface area contributed by atoms with Crippen molar-refractivity contribution >= 4 is 56.4 Å². The number of nitro benzene ring substituents is 1. The van der Waals surface area contributed by atoms with Crippen molar-refractivity contribution in [3.05, 3.63) is 44.8 Å². The van der Waals surface area contributed by atoms with E-state index in [2.05, 4.69) is 15.3 Å². The SMILES string of the molecule is CC(Sc1nc(N)c2c3c(sc2n1)CCCC3)C(=O)Nc1ccc([N+](=O)[O-])cc1. The first-order valence-electron chi connectivity index (χ1n) is 9.22. The Bertz CT molecular complexity index is 1100. The average Bonchev–Trinajstić information content (AvgIpc) is 3.07. The van der Waals surface area contributed by atoms with Crippen molar-refractivity contribution < 1.29 is 9.72 Å². The molecule has 3 N–H and O–H groups in total. The number of non-ortho nitro benzene ring substituents is 1. The molecule has 0 spiro atoms. The number of fused-ring (bicyclic) bond motifs is 3. The molecule has 8 nitrogen and oxygen atoms in total. The number of aromatic nitrogens is 2. The number of nitro groups is 1. The van der Waals surface area contributed by atoms with Crippen LogP contribution in [0.5, 0.6) is 0 Å². The summed E-state index contributed by atoms with van der Waals surface area (Å²) in [5, 5.41) is 14.5. The number of hydrogen-bond acceptors (Lipinski definition) is 8. The molecule has 10 heteroatoms. The standard InChI is InChI=1S/C19H19N5O3S2/c1-10(17(25)21-11-6-8-12(9-7-11)24(26)27)28-19-22-16(20)15-13-4-2-3-5-14(13)29-18(15)23-19/h6-10H,2-5H2,1H3,(H,21,25)(H2,20,22,23). The fourth-order valence-electron chi connectivity index (χ4n) is 3.34. The number of thioether (sulfide) groups is 1. The normalized spacial score (nSPS) is 14.4. The van der Waals surface area contributed by atoms with E-state index in [0.29, 0.717) is 16.7 Å². The second-order valence-electron chi connectivity index (χ2n) is 6.84. The van der Waals surface area contributed by atoms with Crippen molar-refractivity contribution in [2.75, 3.05) is 11.1 Å². The topological polar surface area (TPSA) is 124 Å². The number of aryl methyl sites for hydroxylation is 2. The minimum atomic E-state index is -0.482. The van der Waals surface area contributed by atoms with Crippen LogP contribution in [0.1, 0.15) is 30.2 Å². The summed E-state index contributed by atoms with van der Waals surface area (Å²) < 4.78 is 0. The van der Waals surface area contributed by atoms with Crippen molar-refractivity contribution in [3.63, 3.8) is 0 Å². The molecule has 0 bridgehead atoms. The number of rotatable bonds is 5. The molecule has 1 aliphatic carbocycles. The van der Waals surface area contributed by atoms with E-state index in [1.807, 2.05) is 0 Å². The number of nitrogens with two attached hydrogens (primary N) is 1. The van der Waals surface area contributed by atoms with E-state index in [1.54, 1.807) is 18.3 Å². The van der Waals surface area contributed by atoms with Crippen LogP contribution < -0.4 is 11.1 Å². The molecule has 2 aromatic heterocycles. The summed E-state index contributed by atoms with van der Waals surface area (Å²) in [5.74, 6) is 0.233. The van der Waals surface area contributed by atoms with Gasteiger partial charge in [0.15, 0.2) is 5.16 Å². The van der Waals surface area contributed by atoms with Gasteiger partial charge in [0.05, 0.1) is 15.6 Å². The van der Waals surface area contributed by atoms with Crippen LogP contribution in [-0.2, 0) is 17.6 Å². The van der Waals surface area contributed by atoms with Gasteiger partial charge in [0.1, 0.15) is 10.6 Å². The van der Waals surface area contributed by atoms with E-state index < -0.39 is 10.2 Å². The van der Waals surface area contributed by atoms with Gasteiger partial charge in [0, 0.05) is 22.7 Å². The van der Waals surface area contributed by atoms with E-state index in [-0.39, 0.29) is 11.6 Å². The molecule has 1 aromatic carbocycles. The lowest BCUT2D eigenvalue weighted by molar-refractivity contribution is -0.384. The first-order valence-corrected chi connectivity index (χ1v) is 10.9. The third kappa shape index (κ3) is 4.03. The number of nitrogen functional groups attached to an aromatic ring is 1. The Morgan fingerprint density at radius 3 is 2.72 bits per heavy atom. The molecular weight excluding hydrogens is 410 g/mol. The molecule has 150 valence electrons. The van der Waals surface area contributed by atoms with Gasteiger partial charge < -0.3 is 11.1 Å². The van der Waals surface area contributed by atoms with Crippen LogP contribution >= 0.6 is 23.1 Å². The zero-order valence-electron chi connectivity index (χ0n) is 15.7. The fraction of sp³-hybridized carbons (Fsp3) is 0.316. The third-order valence-electron chi connectivity index (χ3n) is 4.82. The van der Waals surface area contributed by atoms with Crippen molar-refractivity contribution in [1.29, 1.82) is 0 Å². The molecule has 0 saturated carbocycles. The predicted octanol–water partition coefficient (Wildman–Crippen LogP) is 4.18. The smallest absolute Gasteiger partial charge is 0.269 e. The van der Waals surface area contributed by atoms with E-state index in [0.717, 1.165) is 29.5 Å². The Hall–Kier alpha value is -2.72. The molecule has 0 radical (unpaired) electrons. The van der Waals surface area contributed by atoms with Crippen LogP contribution in [0.25, 0.3) is 10.2 Å². The van der Waals surface area contributed by atoms with E-state index in [9.17, 15) is 14.9 Å². The molecule has 0 saturated heterocycles. The highest BCUT2D eigenvalue weighted by molar-refractivity contribution is 8.00. The Labute approximate surface area is 175 Å². The molecule has 2 heterocycles. The van der Waals surface area contributed by atoms with Crippen LogP contribution in [0.3, 0.4) is 0 Å². The average molecular weight is 430 g/mol. The van der Waals surface area contributed by atoms with Crippen molar-refractivity contribution in [2.24, 2.45) is 0 Å². The van der Waals surface area contributed by atoms with Gasteiger partial charge in [-0.25, -0.2) is 9.97 Å². The lowest BCUT2D eigenvalue weighted by Gasteiger charge is -2.12. The maximum absolute atomic E-state index is 12.5. The highest BCUT2D eigenvalue weighted by Crippen LogP contribution is 2.38. The summed E-state index contributed by atoms with van der Waals surface area (Å²) in [5.41, 5.74) is 7.98. The van der Waals surface area contributed by atoms with Gasteiger partial charge in [-0.3, -0.25) is 14.9 Å². The Kier molecular flexibility index (Phi) is 5.37. The Morgan fingerprint density at radius 1 is 1.28 bits per heavy atom. The number of anilines is 2. The van der Waals surface area contributed by atoms with Crippen molar-refractivity contribution in [2.45, 2.75) is 43.0 Å². The van der Waals surface area contributed by atoms with Gasteiger partial charge in [-0.15, -0.1) is 11.3 Å². The lowest BCUT2D eigenvalue weighted by atomic mass is 9.97. The van der Waals surface area contributed by atoms with Gasteiger partial charge in [-0.2, -0.15) is 0 Å². The van der Waals surface area contributed by atoms with Crippen molar-refractivity contribution in [3.8, 4) is 0 Å². The molecule has 0 aliphatic heterocycles. The minimum Gasteiger partial charge on any atom is -0.383 e. The second kappa shape index (κ2) is 7.96. The van der Waals surface area contributed by atoms with Crippen LogP contribution in [-0.4, -0.2) is 26.0 Å². The lowest BCUT2D eigenvalue weighted by Crippen LogP contribution is -2.22. The number of thiophene rings is 1. The summed E-state index contributed by atoms with van der Waals surface area (Å²) in [6.07, 6.45) is 4.43. The molecule has 1 unspecified atom stereocenters. The third-order valence-corrected chi connectivity index (χ3v) is 6.97. The molecule has 29 heavy (non-hydrogen) atoms. The molecule has 0 fully saturated rings. The van der Waals surface area contributed by atoms with Crippen LogP contribution in [0.4, 0.5) is 17.2 Å². The van der Waals surface area contributed by atoms with Gasteiger partial charge in [0.2, 0.25) is 5.91 Å². The van der Waals surface area contributed by atoms with Crippen LogP contribution in [0.2, 0.25) is 0 Å². The zero-order chi connectivity index (χ0) is 20.5. The monoisotopic (exact) mass is 429 g/mol. The molecule has 3 aromatic rings. The minimum absolute atomic E-state index is 0.0266. The number of amides is 1. The summed E-state index contributed by atoms with van der Waals surface area (Å²) in [6, 6.07) is 5.71. The fourth-order valence-corrected chi connectivity index (χ4v) is 5.44. The summed E-state index contributed by atoms with van der Waals surface area (Å²) in [4.78, 5) is 34.0. The summed E-state index contributed by atoms with van der Waals surface area (Å²) >= 11 is 2.91.